The Labute approximate surface area is 210 Å². The molecule has 1 amide bonds. The van der Waals surface area contributed by atoms with Gasteiger partial charge >= 0.3 is 5.91 Å². The Balaban J connectivity index is 1.71. The third-order valence-corrected chi connectivity index (χ3v) is 6.87. The maximum atomic E-state index is 13.8. The van der Waals surface area contributed by atoms with Crippen molar-refractivity contribution in [1.29, 1.82) is 0 Å². The molecule has 5 rings (SSSR count). The van der Waals surface area contributed by atoms with E-state index in [1.54, 1.807) is 42.5 Å². The molecule has 0 radical (unpaired) electrons. The summed E-state index contributed by atoms with van der Waals surface area (Å²) in [7, 11) is 0. The van der Waals surface area contributed by atoms with Gasteiger partial charge in [-0.15, -0.1) is 0 Å². The van der Waals surface area contributed by atoms with E-state index in [4.69, 9.17) is 4.74 Å². The van der Waals surface area contributed by atoms with E-state index in [0.717, 1.165) is 16.9 Å². The molecule has 4 aromatic rings. The number of carbonyl (C=O) groups excluding carboxylic acids is 2. The Kier molecular flexibility index (Phi) is 6.12. The summed E-state index contributed by atoms with van der Waals surface area (Å²) in [6.45, 7) is 5.84. The van der Waals surface area contributed by atoms with Gasteiger partial charge in [-0.2, -0.15) is 0 Å². The maximum absolute atomic E-state index is 13.8. The van der Waals surface area contributed by atoms with E-state index in [9.17, 15) is 19.1 Å². The number of aliphatic hydroxyl groups is 1. The van der Waals surface area contributed by atoms with Crippen molar-refractivity contribution in [2.24, 2.45) is 0 Å². The topological polar surface area (TPSA) is 79.7 Å². The van der Waals surface area contributed by atoms with E-state index in [-0.39, 0.29) is 23.1 Å². The molecule has 3 aromatic carbocycles. The van der Waals surface area contributed by atoms with Gasteiger partial charge in [0, 0.05) is 5.56 Å². The van der Waals surface area contributed by atoms with Gasteiger partial charge in [-0.25, -0.2) is 9.37 Å². The Morgan fingerprint density at radius 1 is 1.17 bits per heavy atom. The highest BCUT2D eigenvalue weighted by Crippen LogP contribution is 2.44. The van der Waals surface area contributed by atoms with Crippen molar-refractivity contribution in [3.05, 3.63) is 107 Å². The number of fused-ring (bicyclic) bond motifs is 1. The fourth-order valence-corrected chi connectivity index (χ4v) is 5.15. The first-order valence-corrected chi connectivity index (χ1v) is 12.0. The Morgan fingerprint density at radius 2 is 1.94 bits per heavy atom. The standard InChI is InChI=1S/C28H21FN2O4S/c1-3-13-35-20-6-4-5-18(14-20)24-23(25(32)17-9-7-16(2)8-10-17)26(33)27(34)31(24)28-30-21-12-11-19(29)15-22(21)36-28/h3-12,14-15,24,32H,1,13H2,2H3/b25-23+. The van der Waals surface area contributed by atoms with Crippen LogP contribution in [0.2, 0.25) is 0 Å². The van der Waals surface area contributed by atoms with Crippen molar-refractivity contribution in [3.8, 4) is 5.75 Å². The second kappa shape index (κ2) is 9.39. The molecule has 0 aliphatic carbocycles. The van der Waals surface area contributed by atoms with E-state index in [1.807, 2.05) is 19.1 Å². The molecule has 36 heavy (non-hydrogen) atoms. The van der Waals surface area contributed by atoms with Crippen LogP contribution in [0.15, 0.2) is 85.0 Å². The molecule has 2 heterocycles. The third kappa shape index (κ3) is 4.16. The molecular weight excluding hydrogens is 479 g/mol. The predicted molar refractivity (Wildman–Crippen MR) is 138 cm³/mol. The lowest BCUT2D eigenvalue weighted by Crippen LogP contribution is -2.29. The zero-order valence-corrected chi connectivity index (χ0v) is 20.1. The molecule has 1 aliphatic heterocycles. The molecule has 1 N–H and O–H groups in total. The number of carbonyl (C=O) groups is 2. The number of ketones is 1. The van der Waals surface area contributed by atoms with Gasteiger partial charge in [0.05, 0.1) is 21.8 Å². The molecular formula is C28H21FN2O4S. The second-order valence-electron chi connectivity index (χ2n) is 8.32. The van der Waals surface area contributed by atoms with Crippen LogP contribution in [0.4, 0.5) is 9.52 Å². The summed E-state index contributed by atoms with van der Waals surface area (Å²) in [5.74, 6) is -1.86. The summed E-state index contributed by atoms with van der Waals surface area (Å²) in [5.41, 5.74) is 2.38. The van der Waals surface area contributed by atoms with Crippen LogP contribution in [0.3, 0.4) is 0 Å². The molecule has 1 unspecified atom stereocenters. The Bertz CT molecular complexity index is 1540. The highest BCUT2D eigenvalue weighted by molar-refractivity contribution is 7.22. The van der Waals surface area contributed by atoms with Crippen molar-refractivity contribution in [2.45, 2.75) is 13.0 Å². The van der Waals surface area contributed by atoms with Crippen molar-refractivity contribution in [1.82, 2.24) is 4.98 Å². The molecule has 1 aliphatic rings. The molecule has 180 valence electrons. The number of ether oxygens (including phenoxy) is 1. The summed E-state index contributed by atoms with van der Waals surface area (Å²) in [5, 5.41) is 11.5. The zero-order chi connectivity index (χ0) is 25.4. The largest absolute Gasteiger partial charge is 0.507 e. The summed E-state index contributed by atoms with van der Waals surface area (Å²) < 4.78 is 20.0. The molecule has 0 bridgehead atoms. The molecule has 0 spiro atoms. The number of aromatic nitrogens is 1. The predicted octanol–water partition coefficient (Wildman–Crippen LogP) is 5.93. The van der Waals surface area contributed by atoms with Gasteiger partial charge in [0.25, 0.3) is 5.78 Å². The van der Waals surface area contributed by atoms with Gasteiger partial charge in [-0.05, 0) is 42.8 Å². The average molecular weight is 501 g/mol. The summed E-state index contributed by atoms with van der Waals surface area (Å²) >= 11 is 1.10. The number of benzene rings is 3. The molecule has 0 saturated carbocycles. The molecule has 1 fully saturated rings. The first-order valence-electron chi connectivity index (χ1n) is 11.1. The lowest BCUT2D eigenvalue weighted by atomic mass is 9.95. The number of Topliss-reactive ketones (excluding diaryl/α,β-unsaturated/α-hetero) is 1. The molecule has 1 saturated heterocycles. The number of amides is 1. The van der Waals surface area contributed by atoms with Crippen LogP contribution < -0.4 is 9.64 Å². The molecule has 8 heteroatoms. The third-order valence-electron chi connectivity index (χ3n) is 5.86. The van der Waals surface area contributed by atoms with Crippen molar-refractivity contribution < 1.29 is 23.8 Å². The number of hydrogen-bond donors (Lipinski definition) is 1. The number of halogens is 1. The van der Waals surface area contributed by atoms with E-state index in [1.165, 1.54) is 23.1 Å². The Hall–Kier alpha value is -4.30. The number of aryl methyl sites for hydroxylation is 1. The number of hydrogen-bond acceptors (Lipinski definition) is 6. The monoisotopic (exact) mass is 500 g/mol. The highest BCUT2D eigenvalue weighted by Gasteiger charge is 2.48. The van der Waals surface area contributed by atoms with Gasteiger partial charge in [0.2, 0.25) is 0 Å². The normalized spacial score (nSPS) is 17.1. The lowest BCUT2D eigenvalue weighted by molar-refractivity contribution is -0.132. The van der Waals surface area contributed by atoms with Crippen LogP contribution >= 0.6 is 11.3 Å². The first-order chi connectivity index (χ1) is 17.4. The van der Waals surface area contributed by atoms with Crippen LogP contribution in [0.25, 0.3) is 16.0 Å². The number of rotatable bonds is 6. The van der Waals surface area contributed by atoms with E-state index in [2.05, 4.69) is 11.6 Å². The number of aliphatic hydroxyl groups excluding tert-OH is 1. The van der Waals surface area contributed by atoms with Gasteiger partial charge in [-0.3, -0.25) is 14.5 Å². The smallest absolute Gasteiger partial charge is 0.301 e. The summed E-state index contributed by atoms with van der Waals surface area (Å²) in [6.07, 6.45) is 1.61. The maximum Gasteiger partial charge on any atom is 0.301 e. The van der Waals surface area contributed by atoms with E-state index >= 15 is 0 Å². The minimum Gasteiger partial charge on any atom is -0.507 e. The van der Waals surface area contributed by atoms with Gasteiger partial charge in [0.1, 0.15) is 23.9 Å². The average Bonchev–Trinajstić information content (AvgIpc) is 3.40. The minimum absolute atomic E-state index is 0.0600. The summed E-state index contributed by atoms with van der Waals surface area (Å²) in [4.78, 5) is 32.5. The van der Waals surface area contributed by atoms with Crippen LogP contribution in [0.1, 0.15) is 22.7 Å². The van der Waals surface area contributed by atoms with Crippen LogP contribution in [0.5, 0.6) is 5.75 Å². The van der Waals surface area contributed by atoms with Crippen LogP contribution in [-0.4, -0.2) is 28.4 Å². The highest BCUT2D eigenvalue weighted by atomic mass is 32.1. The quantitative estimate of drug-likeness (QED) is 0.154. The zero-order valence-electron chi connectivity index (χ0n) is 19.3. The molecule has 6 nitrogen and oxygen atoms in total. The first kappa shape index (κ1) is 23.4. The van der Waals surface area contributed by atoms with Crippen molar-refractivity contribution >= 4 is 44.1 Å². The minimum atomic E-state index is -0.969. The van der Waals surface area contributed by atoms with Gasteiger partial charge < -0.3 is 9.84 Å². The van der Waals surface area contributed by atoms with E-state index in [0.29, 0.717) is 27.1 Å². The van der Waals surface area contributed by atoms with Crippen molar-refractivity contribution in [2.75, 3.05) is 11.5 Å². The van der Waals surface area contributed by atoms with Gasteiger partial charge in [0.15, 0.2) is 5.13 Å². The van der Waals surface area contributed by atoms with Gasteiger partial charge in [-0.1, -0.05) is 66.0 Å². The number of thiazole rings is 1. The van der Waals surface area contributed by atoms with Crippen molar-refractivity contribution in [3.63, 3.8) is 0 Å². The fraction of sp³-hybridized carbons (Fsp3) is 0.107. The SMILES string of the molecule is C=CCOc1cccc(C2/C(=C(\O)c3ccc(C)cc3)C(=O)C(=O)N2c2nc3ccc(F)cc3s2)c1. The summed E-state index contributed by atoms with van der Waals surface area (Å²) in [6, 6.07) is 17.1. The number of anilines is 1. The molecule has 1 aromatic heterocycles. The lowest BCUT2D eigenvalue weighted by Gasteiger charge is -2.23. The molecule has 1 atom stereocenters. The number of nitrogens with zero attached hydrogens (tertiary/aromatic N) is 2. The Morgan fingerprint density at radius 3 is 2.69 bits per heavy atom. The van der Waals surface area contributed by atoms with Crippen LogP contribution in [-0.2, 0) is 9.59 Å². The fourth-order valence-electron chi connectivity index (χ4n) is 4.13. The van der Waals surface area contributed by atoms with E-state index < -0.39 is 23.5 Å². The van der Waals surface area contributed by atoms with Crippen LogP contribution in [0, 0.1) is 12.7 Å². The second-order valence-corrected chi connectivity index (χ2v) is 9.32.